The van der Waals surface area contributed by atoms with E-state index in [9.17, 15) is 9.90 Å². The second-order valence-corrected chi connectivity index (χ2v) is 6.42. The molecular weight excluding hydrogens is 320 g/mol. The van der Waals surface area contributed by atoms with Crippen LogP contribution >= 0.6 is 0 Å². The molecule has 1 amide bonds. The zero-order valence-electron chi connectivity index (χ0n) is 15.3. The third-order valence-corrected chi connectivity index (χ3v) is 4.46. The summed E-state index contributed by atoms with van der Waals surface area (Å²) in [7, 11) is 1.64. The van der Waals surface area contributed by atoms with Crippen molar-refractivity contribution < 1.29 is 19.4 Å². The number of rotatable bonds is 9. The molecule has 1 heterocycles. The number of morpholine rings is 1. The van der Waals surface area contributed by atoms with Gasteiger partial charge in [0.15, 0.2) is 0 Å². The molecule has 0 saturated carbocycles. The monoisotopic (exact) mass is 350 g/mol. The molecular formula is C19H30N2O4. The zero-order chi connectivity index (χ0) is 18.1. The lowest BCUT2D eigenvalue weighted by Crippen LogP contribution is -2.50. The van der Waals surface area contributed by atoms with Crippen LogP contribution < -0.4 is 0 Å². The maximum absolute atomic E-state index is 12.8. The highest BCUT2D eigenvalue weighted by Crippen LogP contribution is 2.11. The number of β-amino-alcohol motifs (C(OH)–C–C–N with tert-alkyl or cyclic N) is 1. The third kappa shape index (κ3) is 6.40. The molecule has 6 nitrogen and oxygen atoms in total. The van der Waals surface area contributed by atoms with E-state index < -0.39 is 0 Å². The summed E-state index contributed by atoms with van der Waals surface area (Å²) in [4.78, 5) is 16.8. The third-order valence-electron chi connectivity index (χ3n) is 4.46. The van der Waals surface area contributed by atoms with E-state index in [1.54, 1.807) is 12.0 Å². The molecule has 25 heavy (non-hydrogen) atoms. The Kier molecular flexibility index (Phi) is 8.34. The highest BCUT2D eigenvalue weighted by molar-refractivity contribution is 5.94. The van der Waals surface area contributed by atoms with Gasteiger partial charge >= 0.3 is 0 Å². The van der Waals surface area contributed by atoms with Crippen molar-refractivity contribution in [2.75, 3.05) is 53.0 Å². The van der Waals surface area contributed by atoms with Crippen molar-refractivity contribution in [3.63, 3.8) is 0 Å². The standard InChI is InChI=1S/C19H30N2O4/c1-3-17(22)13-20-9-12-25-18(14-20)15-21(10-11-24-2)19(23)16-7-5-4-6-8-16/h4-8,17-18,22H,3,9-15H2,1-2H3. The first-order valence-corrected chi connectivity index (χ1v) is 8.99. The zero-order valence-corrected chi connectivity index (χ0v) is 15.3. The summed E-state index contributed by atoms with van der Waals surface area (Å²) in [6.45, 7) is 6.34. The fourth-order valence-corrected chi connectivity index (χ4v) is 2.97. The van der Waals surface area contributed by atoms with Gasteiger partial charge in [0.2, 0.25) is 0 Å². The highest BCUT2D eigenvalue weighted by atomic mass is 16.5. The van der Waals surface area contributed by atoms with Gasteiger partial charge < -0.3 is 19.5 Å². The maximum Gasteiger partial charge on any atom is 0.254 e. The Balaban J connectivity index is 1.97. The number of hydrogen-bond acceptors (Lipinski definition) is 5. The minimum absolute atomic E-state index is 0.00744. The van der Waals surface area contributed by atoms with Crippen LogP contribution in [0.2, 0.25) is 0 Å². The number of hydrogen-bond donors (Lipinski definition) is 1. The average Bonchev–Trinajstić information content (AvgIpc) is 2.65. The summed E-state index contributed by atoms with van der Waals surface area (Å²) < 4.78 is 11.0. The number of aliphatic hydroxyl groups is 1. The molecule has 2 unspecified atom stereocenters. The first-order valence-electron chi connectivity index (χ1n) is 8.99. The molecule has 0 aromatic heterocycles. The molecule has 1 saturated heterocycles. The maximum atomic E-state index is 12.8. The van der Waals surface area contributed by atoms with Crippen LogP contribution in [0.15, 0.2) is 30.3 Å². The van der Waals surface area contributed by atoms with Gasteiger partial charge in [0, 0.05) is 45.4 Å². The van der Waals surface area contributed by atoms with E-state index in [2.05, 4.69) is 4.90 Å². The van der Waals surface area contributed by atoms with Gasteiger partial charge in [0.05, 0.1) is 25.4 Å². The minimum atomic E-state index is -0.311. The van der Waals surface area contributed by atoms with Crippen molar-refractivity contribution in [2.45, 2.75) is 25.6 Å². The number of benzene rings is 1. The lowest BCUT2D eigenvalue weighted by molar-refractivity contribution is -0.0517. The van der Waals surface area contributed by atoms with Crippen LogP contribution in [0.5, 0.6) is 0 Å². The Morgan fingerprint density at radius 1 is 1.44 bits per heavy atom. The molecule has 0 radical (unpaired) electrons. The number of aliphatic hydroxyl groups excluding tert-OH is 1. The van der Waals surface area contributed by atoms with Gasteiger partial charge in [0.25, 0.3) is 5.91 Å². The molecule has 1 aliphatic rings. The van der Waals surface area contributed by atoms with Crippen LogP contribution in [0, 0.1) is 0 Å². The molecule has 1 aliphatic heterocycles. The molecule has 140 valence electrons. The van der Waals surface area contributed by atoms with Gasteiger partial charge in [-0.05, 0) is 18.6 Å². The Hall–Kier alpha value is -1.47. The molecule has 1 fully saturated rings. The summed E-state index contributed by atoms with van der Waals surface area (Å²) in [6.07, 6.45) is 0.380. The van der Waals surface area contributed by atoms with Crippen molar-refractivity contribution in [1.82, 2.24) is 9.80 Å². The topological polar surface area (TPSA) is 62.2 Å². The summed E-state index contributed by atoms with van der Waals surface area (Å²) >= 11 is 0. The predicted octanol–water partition coefficient (Wildman–Crippen LogP) is 1.25. The summed E-state index contributed by atoms with van der Waals surface area (Å²) in [5.74, 6) is -0.00744. The van der Waals surface area contributed by atoms with Crippen LogP contribution in [-0.2, 0) is 9.47 Å². The van der Waals surface area contributed by atoms with Crippen LogP contribution in [0.1, 0.15) is 23.7 Å². The van der Waals surface area contributed by atoms with Gasteiger partial charge in [0.1, 0.15) is 0 Å². The van der Waals surface area contributed by atoms with E-state index in [1.165, 1.54) is 0 Å². The van der Waals surface area contributed by atoms with E-state index in [-0.39, 0.29) is 18.1 Å². The van der Waals surface area contributed by atoms with Crippen molar-refractivity contribution in [3.05, 3.63) is 35.9 Å². The molecule has 0 aliphatic carbocycles. The van der Waals surface area contributed by atoms with E-state index >= 15 is 0 Å². The lowest BCUT2D eigenvalue weighted by atomic mass is 10.1. The SMILES string of the molecule is CCC(O)CN1CCOC(CN(CCOC)C(=O)c2ccccc2)C1. The first-order chi connectivity index (χ1) is 12.1. The number of nitrogens with zero attached hydrogens (tertiary/aromatic N) is 2. The fraction of sp³-hybridized carbons (Fsp3) is 0.632. The minimum Gasteiger partial charge on any atom is -0.392 e. The Morgan fingerprint density at radius 2 is 2.20 bits per heavy atom. The van der Waals surface area contributed by atoms with Gasteiger partial charge in [-0.15, -0.1) is 0 Å². The molecule has 1 aromatic carbocycles. The molecule has 2 atom stereocenters. The van der Waals surface area contributed by atoms with E-state index in [1.807, 2.05) is 37.3 Å². The average molecular weight is 350 g/mol. The second-order valence-electron chi connectivity index (χ2n) is 6.42. The van der Waals surface area contributed by atoms with Crippen molar-refractivity contribution in [2.24, 2.45) is 0 Å². The van der Waals surface area contributed by atoms with Crippen LogP contribution in [-0.4, -0.2) is 86.1 Å². The van der Waals surface area contributed by atoms with Crippen LogP contribution in [0.4, 0.5) is 0 Å². The largest absolute Gasteiger partial charge is 0.392 e. The van der Waals surface area contributed by atoms with Gasteiger partial charge in [-0.25, -0.2) is 0 Å². The fourth-order valence-electron chi connectivity index (χ4n) is 2.97. The Labute approximate surface area is 150 Å². The highest BCUT2D eigenvalue weighted by Gasteiger charge is 2.26. The van der Waals surface area contributed by atoms with Gasteiger partial charge in [-0.1, -0.05) is 25.1 Å². The number of carbonyl (C=O) groups excluding carboxylic acids is 1. The van der Waals surface area contributed by atoms with E-state index in [0.717, 1.165) is 19.5 Å². The number of methoxy groups -OCH3 is 1. The molecule has 1 N–H and O–H groups in total. The van der Waals surface area contributed by atoms with E-state index in [4.69, 9.17) is 9.47 Å². The van der Waals surface area contributed by atoms with Gasteiger partial charge in [-0.3, -0.25) is 9.69 Å². The number of carbonyl (C=O) groups is 1. The van der Waals surface area contributed by atoms with Crippen molar-refractivity contribution in [1.29, 1.82) is 0 Å². The van der Waals surface area contributed by atoms with Crippen LogP contribution in [0.3, 0.4) is 0 Å². The summed E-state index contributed by atoms with van der Waals surface area (Å²) in [5.41, 5.74) is 0.674. The second kappa shape index (κ2) is 10.5. The molecule has 2 rings (SSSR count). The molecule has 0 spiro atoms. The van der Waals surface area contributed by atoms with Crippen molar-refractivity contribution >= 4 is 5.91 Å². The van der Waals surface area contributed by atoms with E-state index in [0.29, 0.717) is 38.4 Å². The van der Waals surface area contributed by atoms with Crippen LogP contribution in [0.25, 0.3) is 0 Å². The molecule has 1 aromatic rings. The number of ether oxygens (including phenoxy) is 2. The summed E-state index contributed by atoms with van der Waals surface area (Å²) in [6, 6.07) is 9.29. The molecule has 6 heteroatoms. The van der Waals surface area contributed by atoms with Crippen molar-refractivity contribution in [3.8, 4) is 0 Å². The quantitative estimate of drug-likeness (QED) is 0.726. The van der Waals surface area contributed by atoms with Gasteiger partial charge in [-0.2, -0.15) is 0 Å². The Morgan fingerprint density at radius 3 is 2.88 bits per heavy atom. The predicted molar refractivity (Wildman–Crippen MR) is 96.7 cm³/mol. The lowest BCUT2D eigenvalue weighted by Gasteiger charge is -2.36. The smallest absolute Gasteiger partial charge is 0.254 e. The number of amides is 1. The molecule has 0 bridgehead atoms. The normalized spacial score (nSPS) is 19.6. The first kappa shape index (κ1) is 19.8. The summed E-state index contributed by atoms with van der Waals surface area (Å²) in [5, 5.41) is 9.87. The Bertz CT molecular complexity index is 511.